The van der Waals surface area contributed by atoms with Crippen molar-refractivity contribution in [2.24, 2.45) is 5.92 Å². The Kier molecular flexibility index (Phi) is 6.69. The van der Waals surface area contributed by atoms with E-state index in [4.69, 9.17) is 5.73 Å². The van der Waals surface area contributed by atoms with Crippen molar-refractivity contribution in [2.45, 2.75) is 65.0 Å². The molecule has 0 atom stereocenters. The molecular formula is C21H31N7O2. The Hall–Kier alpha value is -2.97. The van der Waals surface area contributed by atoms with Gasteiger partial charge in [0.2, 0.25) is 17.8 Å². The molecule has 9 heteroatoms. The molecule has 9 nitrogen and oxygen atoms in total. The highest BCUT2D eigenvalue weighted by atomic mass is 16.2. The highest BCUT2D eigenvalue weighted by Crippen LogP contribution is 2.36. The number of amides is 2. The van der Waals surface area contributed by atoms with Crippen LogP contribution in [-0.2, 0) is 16.1 Å². The minimum Gasteiger partial charge on any atom is -0.367 e. The third kappa shape index (κ3) is 4.60. The molecule has 0 saturated heterocycles. The number of hydrogen-bond donors (Lipinski definition) is 2. The second kappa shape index (κ2) is 9.23. The number of hydrogen-bond acceptors (Lipinski definition) is 6. The number of benzene rings is 1. The fourth-order valence-electron chi connectivity index (χ4n) is 4.13. The lowest BCUT2D eigenvalue weighted by molar-refractivity contribution is -0.149. The van der Waals surface area contributed by atoms with E-state index in [1.807, 2.05) is 45.0 Å². The second-order valence-electron chi connectivity index (χ2n) is 8.45. The van der Waals surface area contributed by atoms with Gasteiger partial charge in [-0.1, -0.05) is 56.4 Å². The van der Waals surface area contributed by atoms with Gasteiger partial charge < -0.3 is 16.0 Å². The summed E-state index contributed by atoms with van der Waals surface area (Å²) < 4.78 is 1.27. The number of anilines is 2. The van der Waals surface area contributed by atoms with E-state index in [0.29, 0.717) is 19.4 Å². The summed E-state index contributed by atoms with van der Waals surface area (Å²) in [4.78, 5) is 28.8. The summed E-state index contributed by atoms with van der Waals surface area (Å²) in [7, 11) is 0. The number of para-hydroxylation sites is 1. The zero-order valence-electron chi connectivity index (χ0n) is 18.0. The lowest BCUT2D eigenvalue weighted by Gasteiger charge is -2.46. The summed E-state index contributed by atoms with van der Waals surface area (Å²) in [5.74, 6) is -0.0557. The maximum atomic E-state index is 13.7. The van der Waals surface area contributed by atoms with Crippen molar-refractivity contribution in [1.82, 2.24) is 25.1 Å². The van der Waals surface area contributed by atoms with Gasteiger partial charge in [0, 0.05) is 12.2 Å². The number of aryl methyl sites for hydroxylation is 1. The normalized spacial score (nSPS) is 15.7. The third-order valence-electron chi connectivity index (χ3n) is 5.71. The van der Waals surface area contributed by atoms with Gasteiger partial charge in [-0.3, -0.25) is 9.59 Å². The Balaban J connectivity index is 1.93. The van der Waals surface area contributed by atoms with Gasteiger partial charge in [-0.2, -0.15) is 0 Å². The number of rotatable bonds is 7. The Morgan fingerprint density at radius 2 is 1.93 bits per heavy atom. The zero-order valence-corrected chi connectivity index (χ0v) is 18.0. The van der Waals surface area contributed by atoms with Crippen molar-refractivity contribution in [1.29, 1.82) is 0 Å². The quantitative estimate of drug-likeness (QED) is 0.719. The lowest BCUT2D eigenvalue weighted by atomic mass is 9.78. The number of tetrazole rings is 1. The summed E-state index contributed by atoms with van der Waals surface area (Å²) in [6.45, 7) is 6.43. The molecule has 162 valence electrons. The van der Waals surface area contributed by atoms with Crippen LogP contribution >= 0.6 is 0 Å². The van der Waals surface area contributed by atoms with Gasteiger partial charge >= 0.3 is 0 Å². The largest absolute Gasteiger partial charge is 0.367 e. The van der Waals surface area contributed by atoms with Crippen LogP contribution in [0.15, 0.2) is 24.3 Å². The van der Waals surface area contributed by atoms with Gasteiger partial charge in [-0.25, -0.2) is 4.68 Å². The first-order chi connectivity index (χ1) is 14.3. The number of nitrogen functional groups attached to an aromatic ring is 1. The topological polar surface area (TPSA) is 119 Å². The number of carbonyl (C=O) groups excluding carboxylic acids is 2. The number of carbonyl (C=O) groups is 2. The standard InChI is InChI=1S/C21H31N7O2/c1-15(2)13-27(18(29)14-28-20(22)24-25-26-28)21(11-7-4-8-12-21)19(30)23-17-10-6-5-9-16(17)3/h5-6,9-10,15H,4,7-8,11-14H2,1-3H3,(H,23,30)(H2,22,24,26). The van der Waals surface area contributed by atoms with Crippen LogP contribution in [0.1, 0.15) is 51.5 Å². The van der Waals surface area contributed by atoms with E-state index in [0.717, 1.165) is 30.5 Å². The average molecular weight is 414 g/mol. The van der Waals surface area contributed by atoms with Crippen LogP contribution in [-0.4, -0.2) is 49.0 Å². The van der Waals surface area contributed by atoms with Gasteiger partial charge in [-0.05, 0) is 47.7 Å². The van der Waals surface area contributed by atoms with Crippen molar-refractivity contribution < 1.29 is 9.59 Å². The van der Waals surface area contributed by atoms with Crippen molar-refractivity contribution >= 4 is 23.5 Å². The molecule has 1 aromatic carbocycles. The van der Waals surface area contributed by atoms with Gasteiger partial charge in [0.15, 0.2) is 0 Å². The highest BCUT2D eigenvalue weighted by Gasteiger charge is 2.47. The molecule has 0 aliphatic heterocycles. The maximum absolute atomic E-state index is 13.7. The molecule has 0 unspecified atom stereocenters. The van der Waals surface area contributed by atoms with Gasteiger partial charge in [0.05, 0.1) is 0 Å². The van der Waals surface area contributed by atoms with Crippen molar-refractivity contribution in [3.8, 4) is 0 Å². The van der Waals surface area contributed by atoms with E-state index in [1.54, 1.807) is 4.90 Å². The monoisotopic (exact) mass is 413 g/mol. The molecule has 1 saturated carbocycles. The molecule has 1 heterocycles. The van der Waals surface area contributed by atoms with Crippen LogP contribution in [0.3, 0.4) is 0 Å². The molecule has 1 aliphatic carbocycles. The molecule has 3 rings (SSSR count). The molecule has 0 bridgehead atoms. The summed E-state index contributed by atoms with van der Waals surface area (Å²) in [6, 6.07) is 7.68. The summed E-state index contributed by atoms with van der Waals surface area (Å²) in [6.07, 6.45) is 4.12. The Morgan fingerprint density at radius 1 is 1.23 bits per heavy atom. The van der Waals surface area contributed by atoms with Crippen molar-refractivity contribution in [2.75, 3.05) is 17.6 Å². The number of nitrogens with two attached hydrogens (primary N) is 1. The van der Waals surface area contributed by atoms with Crippen molar-refractivity contribution in [3.63, 3.8) is 0 Å². The second-order valence-corrected chi connectivity index (χ2v) is 8.45. The van der Waals surface area contributed by atoms with E-state index in [2.05, 4.69) is 20.8 Å². The van der Waals surface area contributed by atoms with E-state index < -0.39 is 5.54 Å². The molecule has 0 radical (unpaired) electrons. The molecular weight excluding hydrogens is 382 g/mol. The first-order valence-corrected chi connectivity index (χ1v) is 10.5. The van der Waals surface area contributed by atoms with Crippen LogP contribution in [0.4, 0.5) is 11.6 Å². The molecule has 2 amide bonds. The first kappa shape index (κ1) is 21.7. The Labute approximate surface area is 177 Å². The van der Waals surface area contributed by atoms with Crippen molar-refractivity contribution in [3.05, 3.63) is 29.8 Å². The predicted molar refractivity (Wildman–Crippen MR) is 114 cm³/mol. The van der Waals surface area contributed by atoms with Crippen LogP contribution in [0, 0.1) is 12.8 Å². The minimum atomic E-state index is -0.898. The number of aromatic nitrogens is 4. The zero-order chi connectivity index (χ0) is 21.7. The lowest BCUT2D eigenvalue weighted by Crippen LogP contribution is -2.61. The minimum absolute atomic E-state index is 0.0786. The fourth-order valence-corrected chi connectivity index (χ4v) is 4.13. The molecule has 30 heavy (non-hydrogen) atoms. The average Bonchev–Trinajstić information content (AvgIpc) is 3.12. The fraction of sp³-hybridized carbons (Fsp3) is 0.571. The molecule has 3 N–H and O–H groups in total. The maximum Gasteiger partial charge on any atom is 0.250 e. The van der Waals surface area contributed by atoms with Crippen LogP contribution in [0.25, 0.3) is 0 Å². The van der Waals surface area contributed by atoms with E-state index in [-0.39, 0.29) is 30.2 Å². The van der Waals surface area contributed by atoms with Gasteiger partial charge in [0.25, 0.3) is 0 Å². The van der Waals surface area contributed by atoms with Crippen LogP contribution in [0.5, 0.6) is 0 Å². The molecule has 1 fully saturated rings. The third-order valence-corrected chi connectivity index (χ3v) is 5.71. The van der Waals surface area contributed by atoms with Gasteiger partial charge in [0.1, 0.15) is 12.1 Å². The number of nitrogens with one attached hydrogen (secondary N) is 1. The molecule has 2 aromatic rings. The predicted octanol–water partition coefficient (Wildman–Crippen LogP) is 2.39. The van der Waals surface area contributed by atoms with Crippen LogP contribution in [0.2, 0.25) is 0 Å². The van der Waals surface area contributed by atoms with E-state index in [9.17, 15) is 9.59 Å². The first-order valence-electron chi connectivity index (χ1n) is 10.5. The molecule has 0 spiro atoms. The van der Waals surface area contributed by atoms with Crippen LogP contribution < -0.4 is 11.1 Å². The SMILES string of the molecule is Cc1ccccc1NC(=O)C1(N(CC(C)C)C(=O)Cn2nnnc2N)CCCCC1. The summed E-state index contributed by atoms with van der Waals surface area (Å²) >= 11 is 0. The molecule has 1 aliphatic rings. The Bertz CT molecular complexity index is 887. The van der Waals surface area contributed by atoms with E-state index >= 15 is 0 Å². The highest BCUT2D eigenvalue weighted by molar-refractivity contribution is 6.01. The van der Waals surface area contributed by atoms with Gasteiger partial charge in [-0.15, -0.1) is 0 Å². The molecule has 1 aromatic heterocycles. The number of nitrogens with zero attached hydrogens (tertiary/aromatic N) is 5. The Morgan fingerprint density at radius 3 is 2.53 bits per heavy atom. The summed E-state index contributed by atoms with van der Waals surface area (Å²) in [5.41, 5.74) is 6.62. The summed E-state index contributed by atoms with van der Waals surface area (Å²) in [5, 5.41) is 14.1. The van der Waals surface area contributed by atoms with E-state index in [1.165, 1.54) is 4.68 Å². The smallest absolute Gasteiger partial charge is 0.250 e.